The monoisotopic (exact) mass is 120 g/mol. The highest BCUT2D eigenvalue weighted by Gasteiger charge is 1.82. The summed E-state index contributed by atoms with van der Waals surface area (Å²) in [7, 11) is 0. The topological polar surface area (TPSA) is 35.9 Å². The van der Waals surface area contributed by atoms with Crippen LogP contribution in [0.15, 0.2) is 0 Å². The zero-order chi connectivity index (χ0) is 5.86. The first kappa shape index (κ1) is 6.82. The highest BCUT2D eigenvalue weighted by atomic mass is 32.2. The molecule has 0 aliphatic rings. The van der Waals surface area contributed by atoms with E-state index in [-0.39, 0.29) is 11.1 Å². The van der Waals surface area contributed by atoms with Gasteiger partial charge in [-0.15, -0.1) is 0 Å². The minimum absolute atomic E-state index is 0.114. The molecular formula is C4H12N2S. The quantitative estimate of drug-likeness (QED) is 0.266. The molecule has 0 aliphatic carbocycles. The van der Waals surface area contributed by atoms with E-state index in [0.29, 0.717) is 5.84 Å². The maximum absolute atomic E-state index is 6.93. The summed E-state index contributed by atoms with van der Waals surface area (Å²) in [5, 5.41) is 6.93. The molecule has 0 saturated heterocycles. The van der Waals surface area contributed by atoms with Gasteiger partial charge in [-0.3, -0.25) is 5.41 Å². The first-order valence-corrected chi connectivity index (χ1v) is 4.35. The van der Waals surface area contributed by atoms with Crippen molar-refractivity contribution in [1.82, 2.24) is 4.72 Å². The van der Waals surface area contributed by atoms with Crippen LogP contribution in [0.4, 0.5) is 0 Å². The van der Waals surface area contributed by atoms with E-state index in [1.807, 2.05) is 0 Å². The van der Waals surface area contributed by atoms with Crippen LogP contribution < -0.4 is 4.72 Å². The fourth-order valence-electron chi connectivity index (χ4n) is 0.335. The van der Waals surface area contributed by atoms with Crippen LogP contribution in [0.1, 0.15) is 6.92 Å². The predicted octanol–water partition coefficient (Wildman–Crippen LogP) is 0.749. The van der Waals surface area contributed by atoms with Gasteiger partial charge in [-0.05, 0) is 19.4 Å². The van der Waals surface area contributed by atoms with Gasteiger partial charge >= 0.3 is 0 Å². The SMILES string of the molecule is CC(=N)N[SH](C)C. The molecule has 0 heterocycles. The van der Waals surface area contributed by atoms with E-state index in [2.05, 4.69) is 17.2 Å². The van der Waals surface area contributed by atoms with Crippen molar-refractivity contribution in [3.63, 3.8) is 0 Å². The van der Waals surface area contributed by atoms with Gasteiger partial charge in [0.1, 0.15) is 0 Å². The largest absolute Gasteiger partial charge is 0.340 e. The van der Waals surface area contributed by atoms with Gasteiger partial charge in [0.25, 0.3) is 0 Å². The molecule has 7 heavy (non-hydrogen) atoms. The standard InChI is InChI=1S/C4H12N2S/c1-4(5)6-7(2)3/h7H,1-3H3,(H2,5,6). The fraction of sp³-hybridized carbons (Fsp3) is 0.750. The molecular weight excluding hydrogens is 108 g/mol. The third-order valence-electron chi connectivity index (χ3n) is 0.391. The van der Waals surface area contributed by atoms with Crippen molar-refractivity contribution in [3.05, 3.63) is 0 Å². The molecule has 44 valence electrons. The molecule has 0 aromatic carbocycles. The minimum Gasteiger partial charge on any atom is -0.340 e. The smallest absolute Gasteiger partial charge is 0.0984 e. The summed E-state index contributed by atoms with van der Waals surface area (Å²) in [4.78, 5) is 0. The van der Waals surface area contributed by atoms with Gasteiger partial charge in [-0.25, -0.2) is 0 Å². The number of hydrogen-bond donors (Lipinski definition) is 3. The Balaban J connectivity index is 3.13. The second-order valence-electron chi connectivity index (χ2n) is 1.63. The lowest BCUT2D eigenvalue weighted by Crippen LogP contribution is -2.13. The van der Waals surface area contributed by atoms with Crippen LogP contribution in [0.5, 0.6) is 0 Å². The van der Waals surface area contributed by atoms with E-state index in [1.54, 1.807) is 6.92 Å². The molecule has 0 saturated carbocycles. The van der Waals surface area contributed by atoms with Crippen LogP contribution in [0.2, 0.25) is 0 Å². The Bertz CT molecular complexity index is 70.1. The van der Waals surface area contributed by atoms with Crippen molar-refractivity contribution >= 4 is 16.9 Å². The molecule has 0 rings (SSSR count). The second kappa shape index (κ2) is 2.91. The van der Waals surface area contributed by atoms with Crippen molar-refractivity contribution in [1.29, 1.82) is 5.41 Å². The van der Waals surface area contributed by atoms with E-state index in [0.717, 1.165) is 0 Å². The van der Waals surface area contributed by atoms with E-state index < -0.39 is 0 Å². The predicted molar refractivity (Wildman–Crippen MR) is 37.4 cm³/mol. The van der Waals surface area contributed by atoms with Crippen LogP contribution in [0.25, 0.3) is 0 Å². The second-order valence-corrected chi connectivity index (χ2v) is 3.64. The van der Waals surface area contributed by atoms with Gasteiger partial charge in [0.15, 0.2) is 0 Å². The molecule has 0 fully saturated rings. The Labute approximate surface area is 47.3 Å². The van der Waals surface area contributed by atoms with Crippen LogP contribution in [0, 0.1) is 5.41 Å². The number of amidine groups is 1. The van der Waals surface area contributed by atoms with Crippen molar-refractivity contribution < 1.29 is 0 Å². The normalized spacial score (nSPS) is 10.4. The number of rotatable bonds is 1. The van der Waals surface area contributed by atoms with E-state index >= 15 is 0 Å². The Morgan fingerprint density at radius 3 is 2.00 bits per heavy atom. The Morgan fingerprint density at radius 2 is 2.00 bits per heavy atom. The number of hydrogen-bond acceptors (Lipinski definition) is 1. The van der Waals surface area contributed by atoms with Gasteiger partial charge in [-0.2, -0.15) is 11.1 Å². The number of thiol groups is 1. The Morgan fingerprint density at radius 1 is 1.57 bits per heavy atom. The van der Waals surface area contributed by atoms with Gasteiger partial charge in [0, 0.05) is 0 Å². The average Bonchev–Trinajstić information content (AvgIpc) is 1.27. The number of nitrogens with one attached hydrogen (secondary N) is 2. The zero-order valence-electron chi connectivity index (χ0n) is 4.95. The first-order valence-electron chi connectivity index (χ1n) is 2.12. The molecule has 0 aromatic rings. The third-order valence-corrected chi connectivity index (χ3v) is 1.17. The Hall–Kier alpha value is -0.180. The molecule has 3 heteroatoms. The van der Waals surface area contributed by atoms with E-state index in [4.69, 9.17) is 5.41 Å². The molecule has 0 atom stereocenters. The minimum atomic E-state index is -0.114. The summed E-state index contributed by atoms with van der Waals surface area (Å²) in [6.45, 7) is 1.75. The summed E-state index contributed by atoms with van der Waals surface area (Å²) in [6, 6.07) is 0. The molecule has 0 bridgehead atoms. The summed E-state index contributed by atoms with van der Waals surface area (Å²) in [6.07, 6.45) is 4.15. The molecule has 2 nitrogen and oxygen atoms in total. The Kier molecular flexibility index (Phi) is 2.83. The molecule has 0 spiro atoms. The summed E-state index contributed by atoms with van der Waals surface area (Å²) < 4.78 is 2.95. The van der Waals surface area contributed by atoms with Gasteiger partial charge in [-0.1, -0.05) is 0 Å². The maximum Gasteiger partial charge on any atom is 0.0984 e. The van der Waals surface area contributed by atoms with Gasteiger partial charge in [0.05, 0.1) is 5.84 Å². The highest BCUT2D eigenvalue weighted by Crippen LogP contribution is 2.03. The van der Waals surface area contributed by atoms with Gasteiger partial charge < -0.3 is 4.72 Å². The van der Waals surface area contributed by atoms with E-state index in [1.165, 1.54) is 0 Å². The van der Waals surface area contributed by atoms with Gasteiger partial charge in [0.2, 0.25) is 0 Å². The first-order chi connectivity index (χ1) is 3.13. The molecule has 0 amide bonds. The lowest BCUT2D eigenvalue weighted by atomic mass is 10.8. The third kappa shape index (κ3) is 5.82. The van der Waals surface area contributed by atoms with Crippen molar-refractivity contribution in [2.75, 3.05) is 12.5 Å². The zero-order valence-corrected chi connectivity index (χ0v) is 5.84. The van der Waals surface area contributed by atoms with Crippen LogP contribution in [0.3, 0.4) is 0 Å². The average molecular weight is 120 g/mol. The lowest BCUT2D eigenvalue weighted by Gasteiger charge is -2.09. The molecule has 2 N–H and O–H groups in total. The highest BCUT2D eigenvalue weighted by molar-refractivity contribution is 8.14. The van der Waals surface area contributed by atoms with Crippen LogP contribution in [-0.2, 0) is 0 Å². The summed E-state index contributed by atoms with van der Waals surface area (Å²) in [5.74, 6) is 0.566. The van der Waals surface area contributed by atoms with Crippen LogP contribution in [-0.4, -0.2) is 18.3 Å². The van der Waals surface area contributed by atoms with Crippen LogP contribution >= 0.6 is 11.1 Å². The maximum atomic E-state index is 6.93. The summed E-state index contributed by atoms with van der Waals surface area (Å²) in [5.41, 5.74) is 0. The van der Waals surface area contributed by atoms with E-state index in [9.17, 15) is 0 Å². The van der Waals surface area contributed by atoms with Crippen molar-refractivity contribution in [2.24, 2.45) is 0 Å². The molecule has 0 aromatic heterocycles. The fourth-order valence-corrected chi connectivity index (χ4v) is 1.01. The molecule has 0 aliphatic heterocycles. The van der Waals surface area contributed by atoms with Crippen molar-refractivity contribution in [2.45, 2.75) is 6.92 Å². The van der Waals surface area contributed by atoms with Crippen molar-refractivity contribution in [3.8, 4) is 0 Å². The molecule has 0 radical (unpaired) electrons. The molecule has 0 unspecified atom stereocenters. The lowest BCUT2D eigenvalue weighted by molar-refractivity contribution is 1.34. The summed E-state index contributed by atoms with van der Waals surface area (Å²) >= 11 is -0.114.